The lowest BCUT2D eigenvalue weighted by molar-refractivity contribution is 0.0926. The first-order chi connectivity index (χ1) is 10.3. The Bertz CT molecular complexity index is 830. The Morgan fingerprint density at radius 3 is 1.62 bits per heavy atom. The van der Waals surface area contributed by atoms with Crippen LogP contribution in [0.5, 0.6) is 0 Å². The average molecular weight is 273 g/mol. The predicted octanol–water partition coefficient (Wildman–Crippen LogP) is 3.64. The highest BCUT2D eigenvalue weighted by molar-refractivity contribution is 6.35. The maximum absolute atomic E-state index is 12.6. The molecule has 4 rings (SSSR count). The van der Waals surface area contributed by atoms with E-state index in [4.69, 9.17) is 0 Å². The van der Waals surface area contributed by atoms with Gasteiger partial charge in [-0.3, -0.25) is 9.59 Å². The second-order valence-electron chi connectivity index (χ2n) is 5.03. The Labute approximate surface area is 121 Å². The fourth-order valence-corrected chi connectivity index (χ4v) is 2.74. The number of rotatable bonds is 1. The van der Waals surface area contributed by atoms with Crippen molar-refractivity contribution in [2.24, 2.45) is 0 Å². The monoisotopic (exact) mass is 273 g/mol. The summed E-state index contributed by atoms with van der Waals surface area (Å²) in [6, 6.07) is 20.3. The number of amides is 2. The zero-order chi connectivity index (χ0) is 14.4. The van der Waals surface area contributed by atoms with Gasteiger partial charge in [0.2, 0.25) is 0 Å². The Morgan fingerprint density at radius 1 is 0.619 bits per heavy atom. The van der Waals surface area contributed by atoms with E-state index in [9.17, 15) is 9.59 Å². The lowest BCUT2D eigenvalue weighted by Crippen LogP contribution is -2.29. The molecule has 3 heteroatoms. The number of nitrogens with zero attached hydrogens (tertiary/aromatic N) is 1. The lowest BCUT2D eigenvalue weighted by Gasteiger charge is -2.13. The molecule has 0 radical (unpaired) electrons. The van der Waals surface area contributed by atoms with E-state index in [1.807, 2.05) is 42.5 Å². The number of carbonyl (C=O) groups excluding carboxylic acids is 2. The molecule has 0 unspecified atom stereocenters. The molecule has 3 aromatic rings. The number of fused-ring (bicyclic) bond motifs is 2. The molecule has 0 bridgehead atoms. The van der Waals surface area contributed by atoms with Crippen molar-refractivity contribution >= 4 is 28.3 Å². The number of imide groups is 1. The third-order valence-electron chi connectivity index (χ3n) is 3.77. The summed E-state index contributed by atoms with van der Waals surface area (Å²) in [6.45, 7) is 0. The van der Waals surface area contributed by atoms with Crippen LogP contribution in [0.15, 0.2) is 66.7 Å². The molecule has 0 spiro atoms. The molecule has 1 aliphatic rings. The van der Waals surface area contributed by atoms with Crippen LogP contribution in [0.25, 0.3) is 10.8 Å². The van der Waals surface area contributed by atoms with Crippen LogP contribution < -0.4 is 4.90 Å². The second kappa shape index (κ2) is 4.28. The van der Waals surface area contributed by atoms with Gasteiger partial charge in [-0.25, -0.2) is 4.90 Å². The van der Waals surface area contributed by atoms with Crippen LogP contribution in [-0.4, -0.2) is 11.8 Å². The first-order valence-electron chi connectivity index (χ1n) is 6.72. The van der Waals surface area contributed by atoms with E-state index >= 15 is 0 Å². The van der Waals surface area contributed by atoms with Crippen molar-refractivity contribution in [3.05, 3.63) is 77.9 Å². The van der Waals surface area contributed by atoms with Gasteiger partial charge in [0.15, 0.2) is 0 Å². The van der Waals surface area contributed by atoms with Gasteiger partial charge in [-0.15, -0.1) is 0 Å². The average Bonchev–Trinajstić information content (AvgIpc) is 2.77. The number of hydrogen-bond donors (Lipinski definition) is 0. The Kier molecular flexibility index (Phi) is 2.42. The van der Waals surface area contributed by atoms with Gasteiger partial charge in [-0.1, -0.05) is 42.5 Å². The standard InChI is InChI=1S/C18H11NO2/c20-17-15-10-12-6-4-5-7-13(12)11-16(15)18(21)19(17)14-8-2-1-3-9-14/h1-11H. The number of anilines is 1. The third kappa shape index (κ3) is 1.68. The van der Waals surface area contributed by atoms with Crippen LogP contribution in [0.4, 0.5) is 5.69 Å². The summed E-state index contributed by atoms with van der Waals surface area (Å²) in [5.41, 5.74) is 1.55. The molecule has 1 heterocycles. The molecule has 3 aromatic carbocycles. The lowest BCUT2D eigenvalue weighted by atomic mass is 10.0. The van der Waals surface area contributed by atoms with E-state index in [2.05, 4.69) is 0 Å². The quantitative estimate of drug-likeness (QED) is 0.635. The van der Waals surface area contributed by atoms with E-state index in [0.29, 0.717) is 16.8 Å². The first-order valence-corrected chi connectivity index (χ1v) is 6.72. The molecule has 1 aliphatic heterocycles. The van der Waals surface area contributed by atoms with Crippen LogP contribution in [0.2, 0.25) is 0 Å². The summed E-state index contributed by atoms with van der Waals surface area (Å²) in [5.74, 6) is -0.515. The molecule has 0 aromatic heterocycles. The molecule has 0 N–H and O–H groups in total. The van der Waals surface area contributed by atoms with Crippen LogP contribution in [-0.2, 0) is 0 Å². The highest BCUT2D eigenvalue weighted by atomic mass is 16.2. The summed E-state index contributed by atoms with van der Waals surface area (Å²) in [7, 11) is 0. The third-order valence-corrected chi connectivity index (χ3v) is 3.77. The van der Waals surface area contributed by atoms with Gasteiger partial charge in [0.25, 0.3) is 11.8 Å². The minimum atomic E-state index is -0.257. The molecule has 3 nitrogen and oxygen atoms in total. The van der Waals surface area contributed by atoms with E-state index in [1.54, 1.807) is 24.3 Å². The van der Waals surface area contributed by atoms with Gasteiger partial charge in [0, 0.05) is 0 Å². The molecular formula is C18H11NO2. The zero-order valence-corrected chi connectivity index (χ0v) is 11.1. The number of carbonyl (C=O) groups is 2. The summed E-state index contributed by atoms with van der Waals surface area (Å²) in [4.78, 5) is 26.4. The van der Waals surface area contributed by atoms with E-state index in [0.717, 1.165) is 10.8 Å². The van der Waals surface area contributed by atoms with Crippen molar-refractivity contribution < 1.29 is 9.59 Å². The number of benzene rings is 3. The smallest absolute Gasteiger partial charge is 0.266 e. The highest BCUT2D eigenvalue weighted by Gasteiger charge is 2.36. The summed E-state index contributed by atoms with van der Waals surface area (Å²) in [5, 5.41) is 1.93. The van der Waals surface area contributed by atoms with Gasteiger partial charge in [0.1, 0.15) is 0 Å². The van der Waals surface area contributed by atoms with Gasteiger partial charge in [-0.05, 0) is 35.0 Å². The van der Waals surface area contributed by atoms with Gasteiger partial charge in [0.05, 0.1) is 16.8 Å². The SMILES string of the molecule is O=C1c2cc3ccccc3cc2C(=O)N1c1ccccc1. The molecule has 100 valence electrons. The molecule has 0 atom stereocenters. The second-order valence-corrected chi connectivity index (χ2v) is 5.03. The minimum absolute atomic E-state index is 0.257. The minimum Gasteiger partial charge on any atom is -0.268 e. The molecule has 0 fully saturated rings. The predicted molar refractivity (Wildman–Crippen MR) is 81.5 cm³/mol. The van der Waals surface area contributed by atoms with E-state index in [-0.39, 0.29) is 11.8 Å². The largest absolute Gasteiger partial charge is 0.268 e. The van der Waals surface area contributed by atoms with Crippen LogP contribution in [0.3, 0.4) is 0 Å². The van der Waals surface area contributed by atoms with Gasteiger partial charge < -0.3 is 0 Å². The molecular weight excluding hydrogens is 262 g/mol. The zero-order valence-electron chi connectivity index (χ0n) is 11.1. The molecule has 0 saturated carbocycles. The Morgan fingerprint density at radius 2 is 1.10 bits per heavy atom. The maximum atomic E-state index is 12.6. The molecule has 0 saturated heterocycles. The maximum Gasteiger partial charge on any atom is 0.266 e. The Balaban J connectivity index is 1.92. The number of hydrogen-bond acceptors (Lipinski definition) is 2. The van der Waals surface area contributed by atoms with Crippen molar-refractivity contribution in [2.75, 3.05) is 4.90 Å². The van der Waals surface area contributed by atoms with Crippen molar-refractivity contribution in [1.82, 2.24) is 0 Å². The van der Waals surface area contributed by atoms with Crippen molar-refractivity contribution in [1.29, 1.82) is 0 Å². The van der Waals surface area contributed by atoms with Gasteiger partial charge >= 0.3 is 0 Å². The summed E-state index contributed by atoms with van der Waals surface area (Å²) >= 11 is 0. The molecule has 21 heavy (non-hydrogen) atoms. The van der Waals surface area contributed by atoms with Crippen LogP contribution >= 0.6 is 0 Å². The normalized spacial score (nSPS) is 13.8. The van der Waals surface area contributed by atoms with E-state index in [1.165, 1.54) is 4.90 Å². The number of para-hydroxylation sites is 1. The fourth-order valence-electron chi connectivity index (χ4n) is 2.74. The Hall–Kier alpha value is -2.94. The first kappa shape index (κ1) is 11.9. The van der Waals surface area contributed by atoms with Crippen LogP contribution in [0.1, 0.15) is 20.7 Å². The van der Waals surface area contributed by atoms with Crippen molar-refractivity contribution in [2.45, 2.75) is 0 Å². The summed E-state index contributed by atoms with van der Waals surface area (Å²) < 4.78 is 0. The van der Waals surface area contributed by atoms with Crippen LogP contribution in [0, 0.1) is 0 Å². The highest BCUT2D eigenvalue weighted by Crippen LogP contribution is 2.31. The van der Waals surface area contributed by atoms with Crippen molar-refractivity contribution in [3.63, 3.8) is 0 Å². The summed E-state index contributed by atoms with van der Waals surface area (Å²) in [6.07, 6.45) is 0. The fraction of sp³-hybridized carbons (Fsp3) is 0. The van der Waals surface area contributed by atoms with Crippen molar-refractivity contribution in [3.8, 4) is 0 Å². The van der Waals surface area contributed by atoms with E-state index < -0.39 is 0 Å². The van der Waals surface area contributed by atoms with Gasteiger partial charge in [-0.2, -0.15) is 0 Å². The molecule has 2 amide bonds. The topological polar surface area (TPSA) is 37.4 Å². The molecule has 0 aliphatic carbocycles.